The molecule has 1 aromatic rings. The molecule has 1 aromatic carbocycles. The van der Waals surface area contributed by atoms with Crippen molar-refractivity contribution >= 4 is 0 Å². The van der Waals surface area contributed by atoms with Gasteiger partial charge in [-0.25, -0.2) is 0 Å². The van der Waals surface area contributed by atoms with E-state index < -0.39 is 0 Å². The van der Waals surface area contributed by atoms with Crippen LogP contribution in [-0.2, 0) is 6.54 Å². The van der Waals surface area contributed by atoms with Gasteiger partial charge in [0.05, 0.1) is 6.61 Å². The topological polar surface area (TPSA) is 41.5 Å². The molecule has 0 spiro atoms. The average molecular weight is 219 g/mol. The summed E-state index contributed by atoms with van der Waals surface area (Å²) in [5.41, 5.74) is 1.04. The standard InChI is InChI=1S/C13H17NO2/c1-3-8-16-13-7-5-4-6-12(13)9-14-11(2)10-15/h1,4-7,11,14-15H,8-10H2,2H3/t11-/m1/s1. The minimum atomic E-state index is 0.0701. The molecule has 86 valence electrons. The van der Waals surface area contributed by atoms with Gasteiger partial charge < -0.3 is 15.2 Å². The maximum absolute atomic E-state index is 8.90. The lowest BCUT2D eigenvalue weighted by Crippen LogP contribution is -2.28. The number of hydrogen-bond acceptors (Lipinski definition) is 3. The highest BCUT2D eigenvalue weighted by atomic mass is 16.5. The number of terminal acetylenes is 1. The fourth-order valence-corrected chi connectivity index (χ4v) is 1.26. The zero-order chi connectivity index (χ0) is 11.8. The normalized spacial score (nSPS) is 11.8. The maximum atomic E-state index is 8.90. The smallest absolute Gasteiger partial charge is 0.148 e. The van der Waals surface area contributed by atoms with E-state index in [1.807, 2.05) is 31.2 Å². The number of ether oxygens (including phenoxy) is 1. The van der Waals surface area contributed by atoms with Crippen molar-refractivity contribution < 1.29 is 9.84 Å². The van der Waals surface area contributed by atoms with Crippen molar-refractivity contribution in [3.05, 3.63) is 29.8 Å². The molecular formula is C13H17NO2. The van der Waals surface area contributed by atoms with Crippen LogP contribution < -0.4 is 10.1 Å². The second-order valence-corrected chi connectivity index (χ2v) is 3.57. The summed E-state index contributed by atoms with van der Waals surface area (Å²) in [7, 11) is 0. The molecule has 3 nitrogen and oxygen atoms in total. The first-order valence-corrected chi connectivity index (χ1v) is 5.26. The van der Waals surface area contributed by atoms with E-state index in [2.05, 4.69) is 11.2 Å². The number of aliphatic hydroxyl groups excluding tert-OH is 1. The fraction of sp³-hybridized carbons (Fsp3) is 0.385. The molecule has 0 saturated carbocycles. The van der Waals surface area contributed by atoms with Crippen molar-refractivity contribution in [2.75, 3.05) is 13.2 Å². The molecule has 0 aliphatic carbocycles. The Hall–Kier alpha value is -1.50. The summed E-state index contributed by atoms with van der Waals surface area (Å²) in [6, 6.07) is 7.79. The highest BCUT2D eigenvalue weighted by molar-refractivity contribution is 5.33. The lowest BCUT2D eigenvalue weighted by molar-refractivity contribution is 0.250. The summed E-state index contributed by atoms with van der Waals surface area (Å²) < 4.78 is 5.41. The predicted octanol–water partition coefficient (Wildman–Crippen LogP) is 1.17. The van der Waals surface area contributed by atoms with Crippen molar-refractivity contribution in [1.82, 2.24) is 5.32 Å². The molecule has 16 heavy (non-hydrogen) atoms. The highest BCUT2D eigenvalue weighted by Gasteiger charge is 2.04. The van der Waals surface area contributed by atoms with Crippen LogP contribution in [0.15, 0.2) is 24.3 Å². The van der Waals surface area contributed by atoms with Crippen molar-refractivity contribution in [2.45, 2.75) is 19.5 Å². The number of aliphatic hydroxyl groups is 1. The van der Waals surface area contributed by atoms with Crippen molar-refractivity contribution in [3.8, 4) is 18.1 Å². The van der Waals surface area contributed by atoms with Gasteiger partial charge in [0.2, 0.25) is 0 Å². The molecule has 0 aliphatic rings. The summed E-state index contributed by atoms with van der Waals surface area (Å²) in [6.45, 7) is 2.97. The van der Waals surface area contributed by atoms with Gasteiger partial charge in [0.25, 0.3) is 0 Å². The van der Waals surface area contributed by atoms with Crippen LogP contribution in [0.1, 0.15) is 12.5 Å². The molecular weight excluding hydrogens is 202 g/mol. The van der Waals surface area contributed by atoms with Gasteiger partial charge in [0.15, 0.2) is 0 Å². The second-order valence-electron chi connectivity index (χ2n) is 3.57. The molecule has 0 aliphatic heterocycles. The molecule has 2 N–H and O–H groups in total. The first kappa shape index (κ1) is 12.6. The molecule has 1 atom stereocenters. The van der Waals surface area contributed by atoms with Crippen LogP contribution in [0.25, 0.3) is 0 Å². The zero-order valence-electron chi connectivity index (χ0n) is 9.44. The Morgan fingerprint density at radius 2 is 2.25 bits per heavy atom. The summed E-state index contributed by atoms with van der Waals surface area (Å²) in [5, 5.41) is 12.1. The minimum absolute atomic E-state index is 0.0701. The Balaban J connectivity index is 2.60. The monoisotopic (exact) mass is 219 g/mol. The van der Waals surface area contributed by atoms with Gasteiger partial charge >= 0.3 is 0 Å². The third kappa shape index (κ3) is 3.93. The molecule has 3 heteroatoms. The Morgan fingerprint density at radius 3 is 2.94 bits per heavy atom. The van der Waals surface area contributed by atoms with Crippen LogP contribution in [0.2, 0.25) is 0 Å². The van der Waals surface area contributed by atoms with E-state index in [9.17, 15) is 0 Å². The van der Waals surface area contributed by atoms with Crippen LogP contribution in [0, 0.1) is 12.3 Å². The summed E-state index contributed by atoms with van der Waals surface area (Å²) in [6.07, 6.45) is 5.15. The van der Waals surface area contributed by atoms with Gasteiger partial charge in [0.1, 0.15) is 12.4 Å². The molecule has 0 radical (unpaired) electrons. The van der Waals surface area contributed by atoms with Crippen LogP contribution in [0.3, 0.4) is 0 Å². The maximum Gasteiger partial charge on any atom is 0.148 e. The first-order valence-electron chi connectivity index (χ1n) is 5.26. The molecule has 0 unspecified atom stereocenters. The molecule has 0 heterocycles. The third-order valence-electron chi connectivity index (χ3n) is 2.20. The lowest BCUT2D eigenvalue weighted by atomic mass is 10.2. The number of benzene rings is 1. The SMILES string of the molecule is C#CCOc1ccccc1CN[C@H](C)CO. The van der Waals surface area contributed by atoms with E-state index in [1.54, 1.807) is 0 Å². The van der Waals surface area contributed by atoms with Gasteiger partial charge in [0, 0.05) is 18.2 Å². The molecule has 0 amide bonds. The van der Waals surface area contributed by atoms with Gasteiger partial charge in [-0.15, -0.1) is 6.42 Å². The Bertz CT molecular complexity index is 357. The van der Waals surface area contributed by atoms with Gasteiger partial charge in [-0.2, -0.15) is 0 Å². The third-order valence-corrected chi connectivity index (χ3v) is 2.20. The highest BCUT2D eigenvalue weighted by Crippen LogP contribution is 2.17. The van der Waals surface area contributed by atoms with E-state index in [4.69, 9.17) is 16.3 Å². The van der Waals surface area contributed by atoms with E-state index in [0.29, 0.717) is 6.54 Å². The van der Waals surface area contributed by atoms with Gasteiger partial charge in [-0.05, 0) is 13.0 Å². The van der Waals surface area contributed by atoms with E-state index >= 15 is 0 Å². The van der Waals surface area contributed by atoms with Gasteiger partial charge in [-0.1, -0.05) is 24.1 Å². The fourth-order valence-electron chi connectivity index (χ4n) is 1.26. The molecule has 1 rings (SSSR count). The van der Waals surface area contributed by atoms with Crippen molar-refractivity contribution in [2.24, 2.45) is 0 Å². The Kier molecular flexibility index (Phi) is 5.41. The number of hydrogen-bond donors (Lipinski definition) is 2. The molecule has 0 saturated heterocycles. The van der Waals surface area contributed by atoms with E-state index in [-0.39, 0.29) is 19.3 Å². The predicted molar refractivity (Wildman–Crippen MR) is 64.2 cm³/mol. The summed E-state index contributed by atoms with van der Waals surface area (Å²) in [5.74, 6) is 3.23. The largest absolute Gasteiger partial charge is 0.481 e. The van der Waals surface area contributed by atoms with E-state index in [0.717, 1.165) is 11.3 Å². The van der Waals surface area contributed by atoms with Gasteiger partial charge in [-0.3, -0.25) is 0 Å². The Labute approximate surface area is 96.4 Å². The molecule has 0 fully saturated rings. The van der Waals surface area contributed by atoms with Crippen molar-refractivity contribution in [3.63, 3.8) is 0 Å². The van der Waals surface area contributed by atoms with Crippen LogP contribution in [0.5, 0.6) is 5.75 Å². The average Bonchev–Trinajstić information content (AvgIpc) is 2.34. The number of nitrogens with one attached hydrogen (secondary N) is 1. The van der Waals surface area contributed by atoms with E-state index in [1.165, 1.54) is 0 Å². The second kappa shape index (κ2) is 6.89. The number of rotatable bonds is 6. The summed E-state index contributed by atoms with van der Waals surface area (Å²) in [4.78, 5) is 0. The lowest BCUT2D eigenvalue weighted by Gasteiger charge is -2.13. The van der Waals surface area contributed by atoms with Crippen LogP contribution >= 0.6 is 0 Å². The number of para-hydroxylation sites is 1. The van der Waals surface area contributed by atoms with Crippen LogP contribution in [0.4, 0.5) is 0 Å². The van der Waals surface area contributed by atoms with Crippen LogP contribution in [-0.4, -0.2) is 24.4 Å². The quantitative estimate of drug-likeness (QED) is 0.706. The summed E-state index contributed by atoms with van der Waals surface area (Å²) >= 11 is 0. The molecule has 0 aromatic heterocycles. The zero-order valence-corrected chi connectivity index (χ0v) is 9.44. The Morgan fingerprint density at radius 1 is 1.50 bits per heavy atom. The minimum Gasteiger partial charge on any atom is -0.481 e. The van der Waals surface area contributed by atoms with Crippen molar-refractivity contribution in [1.29, 1.82) is 0 Å². The first-order chi connectivity index (χ1) is 7.77. The molecule has 0 bridgehead atoms.